The highest BCUT2D eigenvalue weighted by molar-refractivity contribution is 9.10. The summed E-state index contributed by atoms with van der Waals surface area (Å²) in [6.07, 6.45) is 0.913. The van der Waals surface area contributed by atoms with Gasteiger partial charge in [-0.15, -0.1) is 0 Å². The molecule has 0 aromatic heterocycles. The van der Waals surface area contributed by atoms with Crippen molar-refractivity contribution in [2.24, 2.45) is 0 Å². The quantitative estimate of drug-likeness (QED) is 0.824. The maximum atomic E-state index is 12.8. The minimum atomic E-state index is -0.116. The van der Waals surface area contributed by atoms with Crippen molar-refractivity contribution in [1.82, 2.24) is 9.80 Å². The standard InChI is InChI=1S/C20H23BrN2O3/c1-26-17-6-3-15(4-7-17)14-22-9-2-10-23(12-11-22)20(25)18-13-16(21)5-8-19(18)24/h3-8,13,24H,2,9-12,14H2,1H3. The summed E-state index contributed by atoms with van der Waals surface area (Å²) in [5, 5.41) is 10.0. The highest BCUT2D eigenvalue weighted by Gasteiger charge is 2.22. The van der Waals surface area contributed by atoms with Crippen LogP contribution in [-0.2, 0) is 6.54 Å². The lowest BCUT2D eigenvalue weighted by molar-refractivity contribution is 0.0758. The van der Waals surface area contributed by atoms with Crippen LogP contribution in [0.2, 0.25) is 0 Å². The molecule has 138 valence electrons. The molecule has 1 aliphatic rings. The zero-order chi connectivity index (χ0) is 18.5. The molecule has 0 radical (unpaired) electrons. The Hall–Kier alpha value is -2.05. The highest BCUT2D eigenvalue weighted by atomic mass is 79.9. The zero-order valence-electron chi connectivity index (χ0n) is 14.8. The number of halogens is 1. The molecule has 0 unspecified atom stereocenters. The van der Waals surface area contributed by atoms with E-state index in [9.17, 15) is 9.90 Å². The molecule has 0 aliphatic carbocycles. The van der Waals surface area contributed by atoms with Crippen LogP contribution < -0.4 is 4.74 Å². The summed E-state index contributed by atoms with van der Waals surface area (Å²) in [4.78, 5) is 17.0. The van der Waals surface area contributed by atoms with Gasteiger partial charge in [0.2, 0.25) is 0 Å². The molecule has 2 aromatic carbocycles. The topological polar surface area (TPSA) is 53.0 Å². The van der Waals surface area contributed by atoms with Gasteiger partial charge in [0.1, 0.15) is 11.5 Å². The predicted octanol–water partition coefficient (Wildman–Crippen LogP) is 3.51. The largest absolute Gasteiger partial charge is 0.507 e. The van der Waals surface area contributed by atoms with Crippen molar-refractivity contribution in [3.63, 3.8) is 0 Å². The molecule has 1 saturated heterocycles. The lowest BCUT2D eigenvalue weighted by Gasteiger charge is -2.22. The molecule has 2 aromatic rings. The van der Waals surface area contributed by atoms with E-state index in [1.54, 1.807) is 25.3 Å². The van der Waals surface area contributed by atoms with Gasteiger partial charge in [-0.25, -0.2) is 0 Å². The van der Waals surface area contributed by atoms with Crippen LogP contribution in [0, 0.1) is 0 Å². The van der Waals surface area contributed by atoms with Crippen LogP contribution in [0.4, 0.5) is 0 Å². The fourth-order valence-electron chi connectivity index (χ4n) is 3.17. The number of nitrogens with zero attached hydrogens (tertiary/aromatic N) is 2. The Morgan fingerprint density at radius 3 is 2.62 bits per heavy atom. The molecule has 1 heterocycles. The van der Waals surface area contributed by atoms with Gasteiger partial charge in [0.25, 0.3) is 5.91 Å². The molecular formula is C20H23BrN2O3. The van der Waals surface area contributed by atoms with Gasteiger partial charge in [-0.2, -0.15) is 0 Å². The average Bonchev–Trinajstić information content (AvgIpc) is 2.89. The smallest absolute Gasteiger partial charge is 0.257 e. The van der Waals surface area contributed by atoms with E-state index >= 15 is 0 Å². The maximum Gasteiger partial charge on any atom is 0.257 e. The van der Waals surface area contributed by atoms with Gasteiger partial charge in [0.05, 0.1) is 12.7 Å². The number of benzene rings is 2. The van der Waals surface area contributed by atoms with E-state index in [1.165, 1.54) is 5.56 Å². The van der Waals surface area contributed by atoms with E-state index in [0.717, 1.165) is 36.3 Å². The van der Waals surface area contributed by atoms with Crippen LogP contribution in [0.1, 0.15) is 22.3 Å². The summed E-state index contributed by atoms with van der Waals surface area (Å²) in [6.45, 7) is 3.96. The number of carbonyl (C=O) groups is 1. The molecule has 0 saturated carbocycles. The van der Waals surface area contributed by atoms with E-state index in [1.807, 2.05) is 17.0 Å². The number of amides is 1. The zero-order valence-corrected chi connectivity index (χ0v) is 16.4. The van der Waals surface area contributed by atoms with E-state index in [0.29, 0.717) is 18.7 Å². The monoisotopic (exact) mass is 418 g/mol. The fraction of sp³-hybridized carbons (Fsp3) is 0.350. The van der Waals surface area contributed by atoms with E-state index in [4.69, 9.17) is 4.74 Å². The molecule has 0 atom stereocenters. The van der Waals surface area contributed by atoms with Gasteiger partial charge in [-0.05, 0) is 42.3 Å². The Morgan fingerprint density at radius 1 is 1.12 bits per heavy atom. The summed E-state index contributed by atoms with van der Waals surface area (Å²) >= 11 is 3.36. The van der Waals surface area contributed by atoms with Gasteiger partial charge in [-0.1, -0.05) is 28.1 Å². The molecular weight excluding hydrogens is 396 g/mol. The molecule has 1 amide bonds. The second-order valence-corrected chi connectivity index (χ2v) is 7.35. The van der Waals surface area contributed by atoms with Gasteiger partial charge < -0.3 is 14.7 Å². The predicted molar refractivity (Wildman–Crippen MR) is 105 cm³/mol. The molecule has 1 aliphatic heterocycles. The van der Waals surface area contributed by atoms with Gasteiger partial charge in [0.15, 0.2) is 0 Å². The number of hydrogen-bond donors (Lipinski definition) is 1. The number of aromatic hydroxyl groups is 1. The van der Waals surface area contributed by atoms with Crippen molar-refractivity contribution in [3.8, 4) is 11.5 Å². The molecule has 26 heavy (non-hydrogen) atoms. The van der Waals surface area contributed by atoms with Crippen LogP contribution in [0.3, 0.4) is 0 Å². The third kappa shape index (κ3) is 4.56. The molecule has 1 fully saturated rings. The first-order valence-electron chi connectivity index (χ1n) is 8.70. The van der Waals surface area contributed by atoms with Crippen LogP contribution in [0.25, 0.3) is 0 Å². The third-order valence-corrected chi connectivity index (χ3v) is 5.12. The molecule has 0 spiro atoms. The first-order chi connectivity index (χ1) is 12.6. The number of ether oxygens (including phenoxy) is 1. The first kappa shape index (κ1) is 18.7. The van der Waals surface area contributed by atoms with Crippen LogP contribution in [-0.4, -0.2) is 54.1 Å². The van der Waals surface area contributed by atoms with Crippen LogP contribution >= 0.6 is 15.9 Å². The Labute approximate surface area is 162 Å². The number of methoxy groups -OCH3 is 1. The number of phenolic OH excluding ortho intramolecular Hbond substituents is 1. The second kappa shape index (κ2) is 8.56. The summed E-state index contributed by atoms with van der Waals surface area (Å²) in [6, 6.07) is 13.0. The Bertz CT molecular complexity index is 764. The molecule has 6 heteroatoms. The minimum Gasteiger partial charge on any atom is -0.507 e. The summed E-state index contributed by atoms with van der Waals surface area (Å²) in [5.74, 6) is 0.767. The second-order valence-electron chi connectivity index (χ2n) is 6.43. The van der Waals surface area contributed by atoms with Crippen molar-refractivity contribution in [3.05, 3.63) is 58.1 Å². The average molecular weight is 419 g/mol. The molecule has 3 rings (SSSR count). The normalized spacial score (nSPS) is 15.5. The van der Waals surface area contributed by atoms with Crippen LogP contribution in [0.5, 0.6) is 11.5 Å². The molecule has 1 N–H and O–H groups in total. The van der Waals surface area contributed by atoms with Crippen molar-refractivity contribution >= 4 is 21.8 Å². The Morgan fingerprint density at radius 2 is 1.88 bits per heavy atom. The van der Waals surface area contributed by atoms with E-state index in [-0.39, 0.29) is 11.7 Å². The lowest BCUT2D eigenvalue weighted by Crippen LogP contribution is -2.35. The minimum absolute atomic E-state index is 0.0255. The first-order valence-corrected chi connectivity index (χ1v) is 9.49. The summed E-state index contributed by atoms with van der Waals surface area (Å²) in [5.41, 5.74) is 1.58. The van der Waals surface area contributed by atoms with Crippen molar-refractivity contribution in [1.29, 1.82) is 0 Å². The van der Waals surface area contributed by atoms with Crippen molar-refractivity contribution in [2.45, 2.75) is 13.0 Å². The third-order valence-electron chi connectivity index (χ3n) is 4.63. The van der Waals surface area contributed by atoms with Crippen LogP contribution in [0.15, 0.2) is 46.9 Å². The van der Waals surface area contributed by atoms with Gasteiger partial charge >= 0.3 is 0 Å². The van der Waals surface area contributed by atoms with E-state index in [2.05, 4.69) is 33.0 Å². The van der Waals surface area contributed by atoms with Gasteiger partial charge in [-0.3, -0.25) is 9.69 Å². The number of phenols is 1. The number of rotatable bonds is 4. The van der Waals surface area contributed by atoms with Crippen molar-refractivity contribution < 1.29 is 14.6 Å². The number of hydrogen-bond acceptors (Lipinski definition) is 4. The summed E-state index contributed by atoms with van der Waals surface area (Å²) in [7, 11) is 1.67. The Kier molecular flexibility index (Phi) is 6.16. The lowest BCUT2D eigenvalue weighted by atomic mass is 10.1. The fourth-order valence-corrected chi connectivity index (χ4v) is 3.53. The number of carbonyl (C=O) groups excluding carboxylic acids is 1. The van der Waals surface area contributed by atoms with Gasteiger partial charge in [0, 0.05) is 37.2 Å². The molecule has 5 nitrogen and oxygen atoms in total. The van der Waals surface area contributed by atoms with E-state index < -0.39 is 0 Å². The highest BCUT2D eigenvalue weighted by Crippen LogP contribution is 2.24. The van der Waals surface area contributed by atoms with Crippen molar-refractivity contribution in [2.75, 3.05) is 33.3 Å². The maximum absolute atomic E-state index is 12.8. The molecule has 0 bridgehead atoms. The Balaban J connectivity index is 1.62. The summed E-state index contributed by atoms with van der Waals surface area (Å²) < 4.78 is 5.98. The SMILES string of the molecule is COc1ccc(CN2CCCN(C(=O)c3cc(Br)ccc3O)CC2)cc1.